The quantitative estimate of drug-likeness (QED) is 0.516. The van der Waals surface area contributed by atoms with Crippen LogP contribution in [0.25, 0.3) is 17.2 Å². The van der Waals surface area contributed by atoms with E-state index in [0.717, 1.165) is 16.8 Å². The third-order valence-electron chi connectivity index (χ3n) is 4.91. The van der Waals surface area contributed by atoms with Crippen molar-refractivity contribution in [3.8, 4) is 6.07 Å². The molecule has 0 fully saturated rings. The Morgan fingerprint density at radius 3 is 2.42 bits per heavy atom. The molecule has 0 radical (unpaired) electrons. The first-order valence-corrected chi connectivity index (χ1v) is 8.38. The molecule has 0 N–H and O–H groups in total. The van der Waals surface area contributed by atoms with Gasteiger partial charge in [-0.2, -0.15) is 5.26 Å². The highest BCUT2D eigenvalue weighted by atomic mass is 19.1. The maximum Gasteiger partial charge on any atom is 0.132 e. The summed E-state index contributed by atoms with van der Waals surface area (Å²) in [6, 6.07) is 11.0. The zero-order chi connectivity index (χ0) is 19.1. The van der Waals surface area contributed by atoms with Gasteiger partial charge in [0, 0.05) is 23.9 Å². The van der Waals surface area contributed by atoms with E-state index in [0.29, 0.717) is 11.1 Å². The van der Waals surface area contributed by atoms with E-state index < -0.39 is 5.82 Å². The van der Waals surface area contributed by atoms with Crippen LogP contribution in [0.3, 0.4) is 0 Å². The molecule has 3 rings (SSSR count). The van der Waals surface area contributed by atoms with Gasteiger partial charge in [0.25, 0.3) is 0 Å². The first-order chi connectivity index (χ1) is 12.2. The molecule has 2 aromatic carbocycles. The standard InChI is InChI=1S/C22H20F2N2/c1-14-12-22(2,3)26(4)21-11-20(24)16(10-19(14)21)9-17(13-25)15-5-7-18(23)8-6-15/h5-12H,1-4H3/b17-9+. The Morgan fingerprint density at radius 2 is 1.81 bits per heavy atom. The predicted molar refractivity (Wildman–Crippen MR) is 102 cm³/mol. The Kier molecular flexibility index (Phi) is 4.41. The number of halogens is 2. The maximum absolute atomic E-state index is 14.7. The number of nitrogens with zero attached hydrogens (tertiary/aromatic N) is 2. The number of allylic oxidation sites excluding steroid dienone is 2. The summed E-state index contributed by atoms with van der Waals surface area (Å²) in [7, 11) is 1.94. The Bertz CT molecular complexity index is 961. The number of anilines is 1. The Labute approximate surface area is 152 Å². The highest BCUT2D eigenvalue weighted by molar-refractivity contribution is 5.91. The number of fused-ring (bicyclic) bond motifs is 1. The van der Waals surface area contributed by atoms with Gasteiger partial charge in [0.1, 0.15) is 11.6 Å². The van der Waals surface area contributed by atoms with Gasteiger partial charge in [-0.3, -0.25) is 0 Å². The van der Waals surface area contributed by atoms with E-state index in [9.17, 15) is 14.0 Å². The summed E-state index contributed by atoms with van der Waals surface area (Å²) < 4.78 is 27.8. The molecule has 0 spiro atoms. The molecule has 26 heavy (non-hydrogen) atoms. The summed E-state index contributed by atoms with van der Waals surface area (Å²) in [6.07, 6.45) is 3.65. The number of rotatable bonds is 2. The van der Waals surface area contributed by atoms with Gasteiger partial charge in [-0.25, -0.2) is 8.78 Å². The average Bonchev–Trinajstić information content (AvgIpc) is 2.59. The molecule has 2 nitrogen and oxygen atoms in total. The molecular weight excluding hydrogens is 330 g/mol. The number of hydrogen-bond acceptors (Lipinski definition) is 2. The topological polar surface area (TPSA) is 27.0 Å². The summed E-state index contributed by atoms with van der Waals surface area (Å²) in [6.45, 7) is 6.16. The molecule has 0 bridgehead atoms. The van der Waals surface area contributed by atoms with E-state index in [2.05, 4.69) is 26.0 Å². The zero-order valence-corrected chi connectivity index (χ0v) is 15.3. The SMILES string of the molecule is CC1=CC(C)(C)N(C)c2cc(F)c(/C=C(\C#N)c3ccc(F)cc3)cc21. The summed E-state index contributed by atoms with van der Waals surface area (Å²) in [4.78, 5) is 2.04. The Hall–Kier alpha value is -2.93. The summed E-state index contributed by atoms with van der Waals surface area (Å²) >= 11 is 0. The van der Waals surface area contributed by atoms with E-state index in [1.165, 1.54) is 36.4 Å². The van der Waals surface area contributed by atoms with Gasteiger partial charge in [-0.05, 0) is 62.2 Å². The van der Waals surface area contributed by atoms with Crippen LogP contribution in [0.2, 0.25) is 0 Å². The normalized spacial score (nSPS) is 16.0. The van der Waals surface area contributed by atoms with Crippen molar-refractivity contribution in [1.82, 2.24) is 0 Å². The summed E-state index contributed by atoms with van der Waals surface area (Å²) in [5, 5.41) is 9.45. The molecule has 1 aliphatic rings. The maximum atomic E-state index is 14.7. The molecule has 0 aromatic heterocycles. The largest absolute Gasteiger partial charge is 0.365 e. The lowest BCUT2D eigenvalue weighted by Crippen LogP contribution is -2.42. The van der Waals surface area contributed by atoms with Crippen LogP contribution in [-0.2, 0) is 0 Å². The summed E-state index contributed by atoms with van der Waals surface area (Å²) in [5.41, 5.74) is 3.81. The van der Waals surface area contributed by atoms with E-state index >= 15 is 0 Å². The van der Waals surface area contributed by atoms with E-state index in [-0.39, 0.29) is 16.9 Å². The van der Waals surface area contributed by atoms with Crippen LogP contribution in [-0.4, -0.2) is 12.6 Å². The molecule has 132 valence electrons. The minimum atomic E-state index is -0.393. The summed E-state index contributed by atoms with van der Waals surface area (Å²) in [5.74, 6) is -0.770. The molecule has 0 saturated heterocycles. The van der Waals surface area contributed by atoms with Crippen molar-refractivity contribution in [2.24, 2.45) is 0 Å². The Morgan fingerprint density at radius 1 is 1.15 bits per heavy atom. The van der Waals surface area contributed by atoms with Crippen molar-refractivity contribution in [2.45, 2.75) is 26.3 Å². The van der Waals surface area contributed by atoms with Crippen molar-refractivity contribution in [3.05, 3.63) is 70.8 Å². The lowest BCUT2D eigenvalue weighted by molar-refractivity contribution is 0.588. The number of hydrogen-bond donors (Lipinski definition) is 0. The highest BCUT2D eigenvalue weighted by Crippen LogP contribution is 2.39. The fraction of sp³-hybridized carbons (Fsp3) is 0.227. The number of likely N-dealkylation sites (N-methyl/N-ethyl adjacent to an activating group) is 1. The van der Waals surface area contributed by atoms with Crippen molar-refractivity contribution in [2.75, 3.05) is 11.9 Å². The monoisotopic (exact) mass is 350 g/mol. The van der Waals surface area contributed by atoms with Crippen LogP contribution in [0.4, 0.5) is 14.5 Å². The van der Waals surface area contributed by atoms with Crippen molar-refractivity contribution >= 4 is 22.9 Å². The lowest BCUT2D eigenvalue weighted by atomic mass is 9.88. The van der Waals surface area contributed by atoms with Crippen LogP contribution in [0.5, 0.6) is 0 Å². The van der Waals surface area contributed by atoms with E-state index in [4.69, 9.17) is 0 Å². The van der Waals surface area contributed by atoms with Crippen LogP contribution < -0.4 is 4.90 Å². The third kappa shape index (κ3) is 3.13. The van der Waals surface area contributed by atoms with Crippen LogP contribution in [0, 0.1) is 23.0 Å². The molecule has 0 atom stereocenters. The smallest absolute Gasteiger partial charge is 0.132 e. The van der Waals surface area contributed by atoms with E-state index in [1.807, 2.05) is 18.9 Å². The van der Waals surface area contributed by atoms with Gasteiger partial charge in [0.15, 0.2) is 0 Å². The van der Waals surface area contributed by atoms with Crippen molar-refractivity contribution < 1.29 is 8.78 Å². The fourth-order valence-electron chi connectivity index (χ4n) is 3.26. The molecule has 0 saturated carbocycles. The predicted octanol–water partition coefficient (Wildman–Crippen LogP) is 5.66. The first-order valence-electron chi connectivity index (χ1n) is 8.38. The average molecular weight is 350 g/mol. The van der Waals surface area contributed by atoms with E-state index in [1.54, 1.807) is 6.07 Å². The van der Waals surface area contributed by atoms with Gasteiger partial charge in [-0.15, -0.1) is 0 Å². The van der Waals surface area contributed by atoms with Crippen LogP contribution >= 0.6 is 0 Å². The zero-order valence-electron chi connectivity index (χ0n) is 15.3. The molecule has 4 heteroatoms. The molecule has 0 unspecified atom stereocenters. The molecular formula is C22H20F2N2. The van der Waals surface area contributed by atoms with Crippen molar-refractivity contribution in [1.29, 1.82) is 5.26 Å². The number of nitriles is 1. The Balaban J connectivity index is 2.12. The fourth-order valence-corrected chi connectivity index (χ4v) is 3.26. The van der Waals surface area contributed by atoms with Crippen LogP contribution in [0.1, 0.15) is 37.5 Å². The second-order valence-corrected chi connectivity index (χ2v) is 7.11. The van der Waals surface area contributed by atoms with Gasteiger partial charge < -0.3 is 4.90 Å². The minimum absolute atomic E-state index is 0.202. The van der Waals surface area contributed by atoms with Gasteiger partial charge in [0.2, 0.25) is 0 Å². The lowest BCUT2D eigenvalue weighted by Gasteiger charge is -2.40. The minimum Gasteiger partial charge on any atom is -0.365 e. The van der Waals surface area contributed by atoms with Gasteiger partial charge in [-0.1, -0.05) is 18.2 Å². The molecule has 0 aliphatic carbocycles. The molecule has 1 heterocycles. The van der Waals surface area contributed by atoms with Crippen LogP contribution in [0.15, 0.2) is 42.5 Å². The first kappa shape index (κ1) is 17.9. The van der Waals surface area contributed by atoms with Gasteiger partial charge >= 0.3 is 0 Å². The van der Waals surface area contributed by atoms with Crippen molar-refractivity contribution in [3.63, 3.8) is 0 Å². The third-order valence-corrected chi connectivity index (χ3v) is 4.91. The number of benzene rings is 2. The molecule has 1 aliphatic heterocycles. The van der Waals surface area contributed by atoms with Gasteiger partial charge in [0.05, 0.1) is 17.2 Å². The molecule has 0 amide bonds. The second-order valence-electron chi connectivity index (χ2n) is 7.11. The second kappa shape index (κ2) is 6.42. The highest BCUT2D eigenvalue weighted by Gasteiger charge is 2.29. The molecule has 2 aromatic rings.